The monoisotopic (exact) mass is 265 g/mol. The minimum Gasteiger partial charge on any atom is -0.316 e. The van der Waals surface area contributed by atoms with E-state index in [0.717, 1.165) is 31.5 Å². The Morgan fingerprint density at radius 1 is 1.22 bits per heavy atom. The fraction of sp³-hybridized carbons (Fsp3) is 0.571. The standard InChI is InChI=1S/C14H19NO2S/c1-18(16,17)14(7-8-14)13-4-2-11(3-5-13)12-6-9-15-10-12/h2-5,12,15H,6-10H2,1H3. The first kappa shape index (κ1) is 12.2. The van der Waals surface area contributed by atoms with Gasteiger partial charge in [-0.3, -0.25) is 0 Å². The van der Waals surface area contributed by atoms with Gasteiger partial charge in [0.15, 0.2) is 9.84 Å². The van der Waals surface area contributed by atoms with Gasteiger partial charge in [0.2, 0.25) is 0 Å². The maximum absolute atomic E-state index is 11.8. The molecule has 1 saturated carbocycles. The van der Waals surface area contributed by atoms with Crippen molar-refractivity contribution in [2.24, 2.45) is 0 Å². The maximum Gasteiger partial charge on any atom is 0.157 e. The molecule has 0 spiro atoms. The van der Waals surface area contributed by atoms with Gasteiger partial charge < -0.3 is 5.32 Å². The molecule has 3 rings (SSSR count). The third-order valence-electron chi connectivity index (χ3n) is 4.38. The Hall–Kier alpha value is -0.870. The number of hydrogen-bond donors (Lipinski definition) is 1. The summed E-state index contributed by atoms with van der Waals surface area (Å²) in [7, 11) is -2.99. The number of nitrogens with one attached hydrogen (secondary N) is 1. The molecule has 1 aliphatic carbocycles. The summed E-state index contributed by atoms with van der Waals surface area (Å²) in [6.07, 6.45) is 4.08. The number of benzene rings is 1. The van der Waals surface area contributed by atoms with Crippen LogP contribution in [0.4, 0.5) is 0 Å². The SMILES string of the molecule is CS(=O)(=O)C1(c2ccc(C3CCNC3)cc2)CC1. The van der Waals surface area contributed by atoms with Crippen LogP contribution in [0.1, 0.15) is 36.3 Å². The molecule has 18 heavy (non-hydrogen) atoms. The van der Waals surface area contributed by atoms with Crippen LogP contribution in [0.2, 0.25) is 0 Å². The molecule has 0 aromatic heterocycles. The van der Waals surface area contributed by atoms with Crippen molar-refractivity contribution in [2.45, 2.75) is 29.9 Å². The van der Waals surface area contributed by atoms with Gasteiger partial charge in [-0.05, 0) is 42.9 Å². The molecule has 3 nitrogen and oxygen atoms in total. The predicted octanol–water partition coefficient (Wildman–Crippen LogP) is 1.80. The fourth-order valence-corrected chi connectivity index (χ4v) is 4.39. The molecule has 1 aromatic carbocycles. The summed E-state index contributed by atoms with van der Waals surface area (Å²) in [5.41, 5.74) is 2.30. The van der Waals surface area contributed by atoms with Crippen LogP contribution in [0.15, 0.2) is 24.3 Å². The highest BCUT2D eigenvalue weighted by molar-refractivity contribution is 7.92. The van der Waals surface area contributed by atoms with E-state index in [1.165, 1.54) is 18.2 Å². The fourth-order valence-electron chi connectivity index (χ4n) is 2.99. The average molecular weight is 265 g/mol. The van der Waals surface area contributed by atoms with E-state index < -0.39 is 14.6 Å². The second-order valence-corrected chi connectivity index (χ2v) is 7.90. The van der Waals surface area contributed by atoms with E-state index in [-0.39, 0.29) is 0 Å². The highest BCUT2D eigenvalue weighted by Gasteiger charge is 2.53. The highest BCUT2D eigenvalue weighted by atomic mass is 32.2. The van der Waals surface area contributed by atoms with Gasteiger partial charge in [0.05, 0.1) is 4.75 Å². The van der Waals surface area contributed by atoms with Crippen molar-refractivity contribution in [3.05, 3.63) is 35.4 Å². The summed E-state index contributed by atoms with van der Waals surface area (Å²) in [6.45, 7) is 2.12. The number of sulfone groups is 1. The van der Waals surface area contributed by atoms with Crippen molar-refractivity contribution in [1.29, 1.82) is 0 Å². The third kappa shape index (κ3) is 1.88. The van der Waals surface area contributed by atoms with Gasteiger partial charge in [-0.2, -0.15) is 0 Å². The topological polar surface area (TPSA) is 46.2 Å². The first-order chi connectivity index (χ1) is 8.53. The second kappa shape index (κ2) is 4.07. The van der Waals surface area contributed by atoms with Crippen LogP contribution in [0.5, 0.6) is 0 Å². The van der Waals surface area contributed by atoms with Gasteiger partial charge >= 0.3 is 0 Å². The molecule has 1 heterocycles. The van der Waals surface area contributed by atoms with Crippen molar-refractivity contribution >= 4 is 9.84 Å². The lowest BCUT2D eigenvalue weighted by Crippen LogP contribution is -2.19. The highest BCUT2D eigenvalue weighted by Crippen LogP contribution is 2.52. The summed E-state index contributed by atoms with van der Waals surface area (Å²) >= 11 is 0. The number of hydrogen-bond acceptors (Lipinski definition) is 3. The molecular formula is C14H19NO2S. The molecule has 2 fully saturated rings. The molecular weight excluding hydrogens is 246 g/mol. The van der Waals surface area contributed by atoms with Gasteiger partial charge in [0.1, 0.15) is 0 Å². The van der Waals surface area contributed by atoms with E-state index >= 15 is 0 Å². The van der Waals surface area contributed by atoms with E-state index in [4.69, 9.17) is 0 Å². The van der Waals surface area contributed by atoms with Crippen molar-refractivity contribution in [2.75, 3.05) is 19.3 Å². The van der Waals surface area contributed by atoms with Crippen LogP contribution in [-0.2, 0) is 14.6 Å². The smallest absolute Gasteiger partial charge is 0.157 e. The summed E-state index contributed by atoms with van der Waals surface area (Å²) in [5.74, 6) is 0.590. The lowest BCUT2D eigenvalue weighted by Gasteiger charge is -2.15. The van der Waals surface area contributed by atoms with Gasteiger partial charge in [-0.15, -0.1) is 0 Å². The van der Waals surface area contributed by atoms with E-state index in [1.807, 2.05) is 12.1 Å². The predicted molar refractivity (Wildman–Crippen MR) is 72.4 cm³/mol. The molecule has 2 aliphatic rings. The molecule has 1 atom stereocenters. The van der Waals surface area contributed by atoms with Gasteiger partial charge in [0, 0.05) is 12.8 Å². The molecule has 0 bridgehead atoms. The Kier molecular flexibility index (Phi) is 2.75. The molecule has 4 heteroatoms. The van der Waals surface area contributed by atoms with E-state index in [9.17, 15) is 8.42 Å². The summed E-state index contributed by atoms with van der Waals surface area (Å²) in [6, 6.07) is 8.25. The van der Waals surface area contributed by atoms with Gasteiger partial charge in [-0.1, -0.05) is 24.3 Å². The van der Waals surface area contributed by atoms with E-state index in [2.05, 4.69) is 17.4 Å². The Labute approximate surface area is 109 Å². The molecule has 1 N–H and O–H groups in total. The molecule has 1 saturated heterocycles. The largest absolute Gasteiger partial charge is 0.316 e. The van der Waals surface area contributed by atoms with Crippen LogP contribution in [0.25, 0.3) is 0 Å². The van der Waals surface area contributed by atoms with Crippen molar-refractivity contribution in [3.8, 4) is 0 Å². The zero-order valence-corrected chi connectivity index (χ0v) is 11.5. The maximum atomic E-state index is 11.8. The zero-order valence-electron chi connectivity index (χ0n) is 10.6. The Morgan fingerprint density at radius 3 is 2.33 bits per heavy atom. The van der Waals surface area contributed by atoms with Crippen LogP contribution >= 0.6 is 0 Å². The molecule has 0 radical (unpaired) electrons. The number of rotatable bonds is 3. The second-order valence-electron chi connectivity index (χ2n) is 5.58. The van der Waals surface area contributed by atoms with Crippen LogP contribution in [0.3, 0.4) is 0 Å². The van der Waals surface area contributed by atoms with Gasteiger partial charge in [0.25, 0.3) is 0 Å². The van der Waals surface area contributed by atoms with Gasteiger partial charge in [-0.25, -0.2) is 8.42 Å². The lowest BCUT2D eigenvalue weighted by atomic mass is 9.96. The van der Waals surface area contributed by atoms with E-state index in [0.29, 0.717) is 5.92 Å². The van der Waals surface area contributed by atoms with Crippen molar-refractivity contribution in [3.63, 3.8) is 0 Å². The minimum atomic E-state index is -2.99. The van der Waals surface area contributed by atoms with Crippen LogP contribution in [-0.4, -0.2) is 27.8 Å². The molecule has 98 valence electrons. The lowest BCUT2D eigenvalue weighted by molar-refractivity contribution is 0.586. The Bertz CT molecular complexity index is 538. The summed E-state index contributed by atoms with van der Waals surface area (Å²) in [4.78, 5) is 0. The van der Waals surface area contributed by atoms with Crippen molar-refractivity contribution < 1.29 is 8.42 Å². The van der Waals surface area contributed by atoms with E-state index in [1.54, 1.807) is 0 Å². The first-order valence-corrected chi connectivity index (χ1v) is 8.43. The normalized spacial score (nSPS) is 26.2. The molecule has 1 aromatic rings. The zero-order chi connectivity index (χ0) is 12.8. The Morgan fingerprint density at radius 2 is 1.89 bits per heavy atom. The summed E-state index contributed by atoms with van der Waals surface area (Å²) in [5, 5.41) is 3.36. The third-order valence-corrected chi connectivity index (χ3v) is 6.45. The quantitative estimate of drug-likeness (QED) is 0.906. The molecule has 1 unspecified atom stereocenters. The molecule has 1 aliphatic heterocycles. The van der Waals surface area contributed by atoms with Crippen LogP contribution in [0, 0.1) is 0 Å². The minimum absolute atomic E-state index is 0.570. The molecule has 0 amide bonds. The summed E-state index contributed by atoms with van der Waals surface area (Å²) < 4.78 is 23.1. The van der Waals surface area contributed by atoms with Crippen LogP contribution < -0.4 is 5.32 Å². The first-order valence-electron chi connectivity index (χ1n) is 6.54. The Balaban J connectivity index is 1.88. The average Bonchev–Trinajstić information content (AvgIpc) is 2.99. The van der Waals surface area contributed by atoms with Crippen molar-refractivity contribution in [1.82, 2.24) is 5.32 Å².